The molecule has 0 amide bonds. The van der Waals surface area contributed by atoms with Crippen LogP contribution < -0.4 is 10.6 Å². The Morgan fingerprint density at radius 2 is 1.80 bits per heavy atom. The van der Waals surface area contributed by atoms with Crippen molar-refractivity contribution in [2.45, 2.75) is 25.7 Å². The van der Waals surface area contributed by atoms with E-state index in [9.17, 15) is 5.11 Å². The Kier molecular flexibility index (Phi) is 9.46. The monoisotopic (exact) mass is 585 g/mol. The molecule has 2 aromatic carbocycles. The Morgan fingerprint density at radius 3 is 2.54 bits per heavy atom. The average molecular weight is 585 g/mol. The van der Waals surface area contributed by atoms with Crippen molar-refractivity contribution >= 4 is 41.2 Å². The standard InChI is InChI=1S/C16H18N4O2.C11H11N.HI.H2/c17-14-2-1-12(21)10-13(14)16(18)11-3-4-19-15(9-11)20-5-7-22-8-6-20;12-8-9-5-6-10-3-1-2-4-11(10)7-9;;/h1-4,9-10,18,21H,5-8,17H2;5-7H,1-4H2;2*1H. The van der Waals surface area contributed by atoms with E-state index in [4.69, 9.17) is 21.1 Å². The van der Waals surface area contributed by atoms with Gasteiger partial charge in [-0.1, -0.05) is 6.07 Å². The Hall–Kier alpha value is -3.16. The molecule has 0 atom stereocenters. The molecule has 1 aliphatic heterocycles. The molecule has 4 N–H and O–H groups in total. The number of nitriles is 1. The summed E-state index contributed by atoms with van der Waals surface area (Å²) in [5, 5.41) is 26.7. The Labute approximate surface area is 224 Å². The van der Waals surface area contributed by atoms with Gasteiger partial charge in [0.15, 0.2) is 0 Å². The van der Waals surface area contributed by atoms with E-state index in [0.29, 0.717) is 30.0 Å². The maximum Gasteiger partial charge on any atom is 0.129 e. The number of fused-ring (bicyclic) bond motifs is 1. The van der Waals surface area contributed by atoms with E-state index in [1.54, 1.807) is 18.3 Å². The minimum atomic E-state index is 0. The first kappa shape index (κ1) is 26.4. The van der Waals surface area contributed by atoms with Crippen molar-refractivity contribution in [2.24, 2.45) is 0 Å². The SMILES string of the molecule is I.N#Cc1ccc2c(c1)CCCC2.N=C(c1ccnc(N2CCOCC2)c1)c1cc(O)ccc1N.[HH]. The van der Waals surface area contributed by atoms with Gasteiger partial charge in [-0.2, -0.15) is 5.26 Å². The molecule has 35 heavy (non-hydrogen) atoms. The highest BCUT2D eigenvalue weighted by Gasteiger charge is 2.15. The molecule has 0 radical (unpaired) electrons. The van der Waals surface area contributed by atoms with E-state index in [-0.39, 0.29) is 36.9 Å². The Bertz CT molecular complexity index is 1230. The predicted molar refractivity (Wildman–Crippen MR) is 151 cm³/mol. The van der Waals surface area contributed by atoms with E-state index in [1.165, 1.54) is 42.5 Å². The number of hydrogen-bond donors (Lipinski definition) is 3. The summed E-state index contributed by atoms with van der Waals surface area (Å²) in [4.78, 5) is 6.50. The van der Waals surface area contributed by atoms with Crippen molar-refractivity contribution in [1.29, 1.82) is 10.7 Å². The summed E-state index contributed by atoms with van der Waals surface area (Å²) in [6.07, 6.45) is 6.63. The molecule has 3 aromatic rings. The number of aromatic nitrogens is 1. The number of hydrogen-bond acceptors (Lipinski definition) is 7. The zero-order valence-electron chi connectivity index (χ0n) is 19.5. The molecule has 1 saturated heterocycles. The number of benzene rings is 2. The van der Waals surface area contributed by atoms with Gasteiger partial charge in [0.05, 0.1) is 30.6 Å². The molecule has 0 saturated carbocycles. The molecule has 7 nitrogen and oxygen atoms in total. The maximum absolute atomic E-state index is 9.61. The fourth-order valence-corrected chi connectivity index (χ4v) is 4.26. The topological polar surface area (TPSA) is 119 Å². The van der Waals surface area contributed by atoms with Crippen molar-refractivity contribution < 1.29 is 11.3 Å². The van der Waals surface area contributed by atoms with Crippen molar-refractivity contribution in [3.63, 3.8) is 0 Å². The first-order chi connectivity index (χ1) is 16.5. The zero-order chi connectivity index (χ0) is 23.9. The highest BCUT2D eigenvalue weighted by atomic mass is 127. The molecule has 8 heteroatoms. The smallest absolute Gasteiger partial charge is 0.129 e. The summed E-state index contributed by atoms with van der Waals surface area (Å²) < 4.78 is 5.34. The zero-order valence-corrected chi connectivity index (χ0v) is 21.9. The van der Waals surface area contributed by atoms with E-state index in [0.717, 1.165) is 30.9 Å². The van der Waals surface area contributed by atoms with Gasteiger partial charge >= 0.3 is 0 Å². The lowest BCUT2D eigenvalue weighted by atomic mass is 9.91. The minimum absolute atomic E-state index is 0. The van der Waals surface area contributed by atoms with E-state index >= 15 is 0 Å². The molecular formula is C27H32IN5O2. The van der Waals surface area contributed by atoms with Crippen LogP contribution in [0.15, 0.2) is 54.7 Å². The molecule has 184 valence electrons. The first-order valence-electron chi connectivity index (χ1n) is 11.5. The van der Waals surface area contributed by atoms with Crippen LogP contribution in [-0.4, -0.2) is 42.1 Å². The number of aryl methyl sites for hydroxylation is 2. The molecule has 1 fully saturated rings. The lowest BCUT2D eigenvalue weighted by Gasteiger charge is -2.28. The highest BCUT2D eigenvalue weighted by Crippen LogP contribution is 2.24. The van der Waals surface area contributed by atoms with Crippen LogP contribution in [-0.2, 0) is 17.6 Å². The normalized spacial score (nSPS) is 14.4. The summed E-state index contributed by atoms with van der Waals surface area (Å²) in [5.41, 5.74) is 11.5. The van der Waals surface area contributed by atoms with Gasteiger partial charge in [-0.3, -0.25) is 5.41 Å². The number of phenolic OH excluding ortho intramolecular Hbond substituents is 1. The highest BCUT2D eigenvalue weighted by molar-refractivity contribution is 14.0. The number of halogens is 1. The summed E-state index contributed by atoms with van der Waals surface area (Å²) in [6, 6.07) is 16.5. The number of nitrogens with one attached hydrogen (secondary N) is 1. The van der Waals surface area contributed by atoms with Gasteiger partial charge in [0, 0.05) is 37.5 Å². The lowest BCUT2D eigenvalue weighted by Crippen LogP contribution is -2.36. The van der Waals surface area contributed by atoms with Crippen molar-refractivity contribution in [1.82, 2.24) is 4.98 Å². The predicted octanol–water partition coefficient (Wildman–Crippen LogP) is 4.92. The summed E-state index contributed by atoms with van der Waals surface area (Å²) in [5.74, 6) is 0.917. The Morgan fingerprint density at radius 1 is 1.06 bits per heavy atom. The first-order valence-corrected chi connectivity index (χ1v) is 11.5. The third-order valence-electron chi connectivity index (χ3n) is 6.15. The van der Waals surface area contributed by atoms with Gasteiger partial charge in [0.2, 0.25) is 0 Å². The second-order valence-corrected chi connectivity index (χ2v) is 8.45. The lowest BCUT2D eigenvalue weighted by molar-refractivity contribution is 0.122. The fourth-order valence-electron chi connectivity index (χ4n) is 4.26. The van der Waals surface area contributed by atoms with Gasteiger partial charge in [0.1, 0.15) is 11.6 Å². The van der Waals surface area contributed by atoms with Gasteiger partial charge in [-0.05, 0) is 79.3 Å². The van der Waals surface area contributed by atoms with Crippen molar-refractivity contribution in [3.05, 3.63) is 82.5 Å². The quantitative estimate of drug-likeness (QED) is 0.174. The van der Waals surface area contributed by atoms with Crippen LogP contribution in [0.1, 0.15) is 42.1 Å². The number of phenols is 1. The number of aromatic hydroxyl groups is 1. The summed E-state index contributed by atoms with van der Waals surface area (Å²) >= 11 is 0. The summed E-state index contributed by atoms with van der Waals surface area (Å²) in [7, 11) is 0. The molecule has 1 aliphatic carbocycles. The van der Waals surface area contributed by atoms with Gasteiger partial charge in [-0.25, -0.2) is 4.98 Å². The number of rotatable bonds is 3. The number of ether oxygens (including phenoxy) is 1. The second kappa shape index (κ2) is 12.5. The number of morpholine rings is 1. The molecule has 0 bridgehead atoms. The molecule has 0 unspecified atom stereocenters. The Balaban J connectivity index is 0.000000278. The van der Waals surface area contributed by atoms with Crippen LogP contribution in [0.4, 0.5) is 11.5 Å². The fraction of sp³-hybridized carbons (Fsp3) is 0.296. The molecule has 2 aliphatic rings. The van der Waals surface area contributed by atoms with E-state index < -0.39 is 0 Å². The average Bonchev–Trinajstić information content (AvgIpc) is 2.90. The van der Waals surface area contributed by atoms with Gasteiger partial charge < -0.3 is 20.5 Å². The molecule has 2 heterocycles. The number of anilines is 2. The van der Waals surface area contributed by atoms with Crippen molar-refractivity contribution in [3.8, 4) is 11.8 Å². The molecular weight excluding hydrogens is 553 g/mol. The molecule has 0 spiro atoms. The van der Waals surface area contributed by atoms with E-state index in [2.05, 4.69) is 22.0 Å². The van der Waals surface area contributed by atoms with Gasteiger partial charge in [0.25, 0.3) is 0 Å². The number of pyridine rings is 1. The third kappa shape index (κ3) is 6.71. The van der Waals surface area contributed by atoms with Crippen LogP contribution in [0.5, 0.6) is 5.75 Å². The van der Waals surface area contributed by atoms with Crippen LogP contribution in [0.3, 0.4) is 0 Å². The third-order valence-corrected chi connectivity index (χ3v) is 6.15. The molecule has 5 rings (SSSR count). The summed E-state index contributed by atoms with van der Waals surface area (Å²) in [6.45, 7) is 2.95. The van der Waals surface area contributed by atoms with E-state index in [1.807, 2.05) is 18.2 Å². The maximum atomic E-state index is 9.61. The van der Waals surface area contributed by atoms with Crippen LogP contribution in [0, 0.1) is 16.7 Å². The van der Waals surface area contributed by atoms with Crippen LogP contribution in [0.2, 0.25) is 0 Å². The van der Waals surface area contributed by atoms with Gasteiger partial charge in [-0.15, -0.1) is 24.0 Å². The van der Waals surface area contributed by atoms with Crippen LogP contribution >= 0.6 is 24.0 Å². The number of nitrogens with zero attached hydrogens (tertiary/aromatic N) is 3. The number of nitrogen functional groups attached to an aromatic ring is 1. The van der Waals surface area contributed by atoms with Crippen LogP contribution in [0.25, 0.3) is 0 Å². The molecule has 1 aromatic heterocycles. The number of nitrogens with two attached hydrogens (primary N) is 1. The largest absolute Gasteiger partial charge is 0.508 e. The van der Waals surface area contributed by atoms with Crippen molar-refractivity contribution in [2.75, 3.05) is 36.9 Å². The minimum Gasteiger partial charge on any atom is -0.508 e. The second-order valence-electron chi connectivity index (χ2n) is 8.45.